The topological polar surface area (TPSA) is 77.0 Å². The van der Waals surface area contributed by atoms with Crippen molar-refractivity contribution in [1.29, 1.82) is 0 Å². The first-order valence-electron chi connectivity index (χ1n) is 8.64. The van der Waals surface area contributed by atoms with Crippen LogP contribution in [0.15, 0.2) is 82.8 Å². The second-order valence-electron chi connectivity index (χ2n) is 5.96. The van der Waals surface area contributed by atoms with E-state index in [9.17, 15) is 8.42 Å². The summed E-state index contributed by atoms with van der Waals surface area (Å²) in [5.74, 6) is 1.03. The summed E-state index contributed by atoms with van der Waals surface area (Å²) in [7, 11) is -2.18. The molecule has 1 N–H and O–H groups in total. The van der Waals surface area contributed by atoms with E-state index in [0.717, 1.165) is 5.56 Å². The molecule has 0 heterocycles. The molecular weight excluding hydrogens is 412 g/mol. The molecule has 0 fully saturated rings. The van der Waals surface area contributed by atoms with Gasteiger partial charge in [-0.05, 0) is 42.0 Å². The van der Waals surface area contributed by atoms with Crippen LogP contribution in [-0.4, -0.2) is 21.7 Å². The Morgan fingerprint density at radius 1 is 1.00 bits per heavy atom. The van der Waals surface area contributed by atoms with Gasteiger partial charge in [-0.1, -0.05) is 48.0 Å². The summed E-state index contributed by atoms with van der Waals surface area (Å²) in [6, 6.07) is 20.6. The predicted molar refractivity (Wildman–Crippen MR) is 113 cm³/mol. The van der Waals surface area contributed by atoms with Gasteiger partial charge in [0.05, 0.1) is 18.2 Å². The second-order valence-corrected chi connectivity index (χ2v) is 8.02. The zero-order valence-electron chi connectivity index (χ0n) is 15.6. The Bertz CT molecular complexity index is 1100. The third-order valence-corrected chi connectivity index (χ3v) is 5.58. The molecule has 29 heavy (non-hydrogen) atoms. The number of nitrogens with zero attached hydrogens (tertiary/aromatic N) is 1. The zero-order chi connectivity index (χ0) is 20.7. The summed E-state index contributed by atoms with van der Waals surface area (Å²) in [6.07, 6.45) is 1.39. The van der Waals surface area contributed by atoms with Crippen LogP contribution in [0.4, 0.5) is 0 Å². The lowest BCUT2D eigenvalue weighted by Crippen LogP contribution is -2.18. The van der Waals surface area contributed by atoms with E-state index in [1.807, 2.05) is 18.2 Å². The zero-order valence-corrected chi connectivity index (χ0v) is 17.2. The van der Waals surface area contributed by atoms with E-state index in [0.29, 0.717) is 22.1 Å². The molecule has 0 saturated carbocycles. The monoisotopic (exact) mass is 430 g/mol. The molecule has 0 aliphatic rings. The summed E-state index contributed by atoms with van der Waals surface area (Å²) >= 11 is 6.16. The fourth-order valence-corrected chi connectivity index (χ4v) is 3.48. The molecule has 0 aliphatic heterocycles. The number of halogens is 1. The van der Waals surface area contributed by atoms with Gasteiger partial charge in [0.1, 0.15) is 6.61 Å². The summed E-state index contributed by atoms with van der Waals surface area (Å²) in [5, 5.41) is 4.45. The Hall–Kier alpha value is -3.03. The third-order valence-electron chi connectivity index (χ3n) is 3.97. The van der Waals surface area contributed by atoms with Crippen LogP contribution in [0.1, 0.15) is 11.1 Å². The van der Waals surface area contributed by atoms with Gasteiger partial charge in [0, 0.05) is 10.6 Å². The van der Waals surface area contributed by atoms with Crippen molar-refractivity contribution >= 4 is 27.8 Å². The maximum Gasteiger partial charge on any atom is 0.276 e. The van der Waals surface area contributed by atoms with Crippen molar-refractivity contribution < 1.29 is 17.9 Å². The fraction of sp³-hybridized carbons (Fsp3) is 0.0952. The van der Waals surface area contributed by atoms with Crippen LogP contribution in [-0.2, 0) is 16.6 Å². The molecule has 0 saturated heterocycles. The molecule has 0 amide bonds. The molecule has 3 rings (SSSR count). The molecule has 0 spiro atoms. The van der Waals surface area contributed by atoms with Gasteiger partial charge < -0.3 is 9.47 Å². The number of benzene rings is 3. The molecule has 150 valence electrons. The van der Waals surface area contributed by atoms with Gasteiger partial charge >= 0.3 is 0 Å². The molecule has 6 nitrogen and oxygen atoms in total. The first-order chi connectivity index (χ1) is 14.0. The highest BCUT2D eigenvalue weighted by molar-refractivity contribution is 7.89. The van der Waals surface area contributed by atoms with Crippen LogP contribution in [0.5, 0.6) is 11.5 Å². The van der Waals surface area contributed by atoms with Gasteiger partial charge in [0.25, 0.3) is 10.0 Å². The van der Waals surface area contributed by atoms with Crippen molar-refractivity contribution in [3.63, 3.8) is 0 Å². The molecule has 8 heteroatoms. The number of methoxy groups -OCH3 is 1. The highest BCUT2D eigenvalue weighted by Crippen LogP contribution is 2.29. The van der Waals surface area contributed by atoms with Crippen molar-refractivity contribution in [3.8, 4) is 11.5 Å². The highest BCUT2D eigenvalue weighted by atomic mass is 35.5. The van der Waals surface area contributed by atoms with Gasteiger partial charge in [-0.25, -0.2) is 4.83 Å². The molecule has 0 radical (unpaired) electrons. The van der Waals surface area contributed by atoms with Gasteiger partial charge in [-0.3, -0.25) is 0 Å². The first kappa shape index (κ1) is 20.7. The molecule has 0 aliphatic carbocycles. The van der Waals surface area contributed by atoms with Gasteiger partial charge in [-0.2, -0.15) is 13.5 Å². The number of rotatable bonds is 8. The lowest BCUT2D eigenvalue weighted by molar-refractivity contribution is 0.284. The van der Waals surface area contributed by atoms with Crippen molar-refractivity contribution in [2.75, 3.05) is 7.11 Å². The van der Waals surface area contributed by atoms with Crippen molar-refractivity contribution in [1.82, 2.24) is 4.83 Å². The second kappa shape index (κ2) is 9.45. The fourth-order valence-electron chi connectivity index (χ4n) is 2.48. The van der Waals surface area contributed by atoms with E-state index in [4.69, 9.17) is 21.1 Å². The number of nitrogens with one attached hydrogen (secondary N) is 1. The SMILES string of the molecule is COc1ccc(/C=N\NS(=O)(=O)c2ccccc2)cc1OCc1ccccc1Cl. The summed E-state index contributed by atoms with van der Waals surface area (Å²) in [6.45, 7) is 0.261. The Morgan fingerprint density at radius 3 is 2.45 bits per heavy atom. The Balaban J connectivity index is 1.73. The number of hydrogen-bond donors (Lipinski definition) is 1. The largest absolute Gasteiger partial charge is 0.493 e. The molecule has 0 aromatic heterocycles. The van der Waals surface area contributed by atoms with Crippen LogP contribution in [0.25, 0.3) is 0 Å². The minimum absolute atomic E-state index is 0.135. The Labute approximate surface area is 174 Å². The van der Waals surface area contributed by atoms with Gasteiger partial charge in [0.15, 0.2) is 11.5 Å². The van der Waals surface area contributed by atoms with Crippen LogP contribution >= 0.6 is 11.6 Å². The van der Waals surface area contributed by atoms with Crippen LogP contribution < -0.4 is 14.3 Å². The average molecular weight is 431 g/mol. The van der Waals surface area contributed by atoms with E-state index in [-0.39, 0.29) is 11.5 Å². The Kier molecular flexibility index (Phi) is 6.74. The van der Waals surface area contributed by atoms with Crippen LogP contribution in [0.2, 0.25) is 5.02 Å². The lowest BCUT2D eigenvalue weighted by Gasteiger charge is -2.12. The molecular formula is C21H19ClN2O4S. The minimum Gasteiger partial charge on any atom is -0.493 e. The van der Waals surface area contributed by atoms with Crippen molar-refractivity contribution in [3.05, 3.63) is 88.9 Å². The number of hydrazone groups is 1. The standard InChI is InChI=1S/C21H19ClN2O4S/c1-27-20-12-11-16(13-21(20)28-15-17-7-5-6-10-19(17)22)14-23-24-29(25,26)18-8-3-2-4-9-18/h2-14,24H,15H2,1H3/b23-14-. The number of sulfonamides is 1. The highest BCUT2D eigenvalue weighted by Gasteiger charge is 2.11. The average Bonchev–Trinajstić information content (AvgIpc) is 2.74. The number of ether oxygens (including phenoxy) is 2. The molecule has 3 aromatic carbocycles. The van der Waals surface area contributed by atoms with Gasteiger partial charge in [-0.15, -0.1) is 0 Å². The summed E-state index contributed by atoms with van der Waals surface area (Å²) in [4.78, 5) is 2.32. The van der Waals surface area contributed by atoms with E-state index in [1.165, 1.54) is 18.3 Å². The van der Waals surface area contributed by atoms with E-state index >= 15 is 0 Å². The van der Waals surface area contributed by atoms with Crippen LogP contribution in [0, 0.1) is 0 Å². The smallest absolute Gasteiger partial charge is 0.276 e. The normalized spacial score (nSPS) is 11.4. The van der Waals surface area contributed by atoms with E-state index in [2.05, 4.69) is 9.93 Å². The van der Waals surface area contributed by atoms with Crippen molar-refractivity contribution in [2.45, 2.75) is 11.5 Å². The number of hydrogen-bond acceptors (Lipinski definition) is 5. The predicted octanol–water partition coefficient (Wildman–Crippen LogP) is 4.24. The first-order valence-corrected chi connectivity index (χ1v) is 10.5. The molecule has 3 aromatic rings. The third kappa shape index (κ3) is 5.49. The van der Waals surface area contributed by atoms with E-state index in [1.54, 1.807) is 49.6 Å². The molecule has 0 unspecified atom stereocenters. The molecule has 0 atom stereocenters. The maximum atomic E-state index is 12.2. The van der Waals surface area contributed by atoms with Crippen LogP contribution in [0.3, 0.4) is 0 Å². The summed E-state index contributed by atoms with van der Waals surface area (Å²) in [5.41, 5.74) is 1.47. The van der Waals surface area contributed by atoms with E-state index < -0.39 is 10.0 Å². The maximum absolute atomic E-state index is 12.2. The Morgan fingerprint density at radius 2 is 1.72 bits per heavy atom. The quantitative estimate of drug-likeness (QED) is 0.428. The van der Waals surface area contributed by atoms with Crippen molar-refractivity contribution in [2.24, 2.45) is 5.10 Å². The molecule has 0 bridgehead atoms. The summed E-state index contributed by atoms with van der Waals surface area (Å²) < 4.78 is 35.6. The lowest BCUT2D eigenvalue weighted by atomic mass is 10.2. The van der Waals surface area contributed by atoms with Gasteiger partial charge in [0.2, 0.25) is 0 Å². The minimum atomic E-state index is -3.72.